The lowest BCUT2D eigenvalue weighted by Crippen LogP contribution is -2.21. The van der Waals surface area contributed by atoms with Crippen LogP contribution in [0.25, 0.3) is 22.2 Å². The number of aromatic nitrogens is 2. The molecule has 2 aromatic carbocycles. The molecule has 0 unspecified atom stereocenters. The van der Waals surface area contributed by atoms with Crippen LogP contribution >= 0.6 is 0 Å². The predicted octanol–water partition coefficient (Wildman–Crippen LogP) is 4.26. The van der Waals surface area contributed by atoms with Gasteiger partial charge in [-0.3, -0.25) is 4.79 Å². The van der Waals surface area contributed by atoms with Crippen molar-refractivity contribution in [2.24, 2.45) is 0 Å². The molecule has 0 saturated heterocycles. The fourth-order valence-corrected chi connectivity index (χ4v) is 2.51. The molecule has 1 amide bonds. The summed E-state index contributed by atoms with van der Waals surface area (Å²) in [6.07, 6.45) is -3.37. The van der Waals surface area contributed by atoms with Crippen molar-refractivity contribution >= 4 is 16.8 Å². The van der Waals surface area contributed by atoms with Crippen LogP contribution in [0.1, 0.15) is 11.4 Å². The Bertz CT molecular complexity index is 1010. The topological polar surface area (TPSA) is 54.9 Å². The van der Waals surface area contributed by atoms with Crippen molar-refractivity contribution in [2.45, 2.75) is 12.7 Å². The standard InChI is InChI=1S/C19H13F4N3O/c1-2-17(27)24-10-16-25-15-9-13(20)7-8-14(15)18(26-16)11-3-5-12(6-4-11)19(21,22)23/h2-9H,1,10H2,(H,24,27). The van der Waals surface area contributed by atoms with Gasteiger partial charge in [-0.25, -0.2) is 14.4 Å². The summed E-state index contributed by atoms with van der Waals surface area (Å²) in [6, 6.07) is 8.36. The van der Waals surface area contributed by atoms with Gasteiger partial charge in [-0.15, -0.1) is 0 Å². The van der Waals surface area contributed by atoms with E-state index < -0.39 is 23.5 Å². The van der Waals surface area contributed by atoms with Crippen molar-refractivity contribution in [3.8, 4) is 11.3 Å². The zero-order valence-corrected chi connectivity index (χ0v) is 13.8. The third kappa shape index (κ3) is 4.11. The summed E-state index contributed by atoms with van der Waals surface area (Å²) in [6.45, 7) is 3.30. The van der Waals surface area contributed by atoms with Crippen LogP contribution in [0.3, 0.4) is 0 Å². The molecule has 0 saturated carbocycles. The summed E-state index contributed by atoms with van der Waals surface area (Å²) in [5.74, 6) is -0.757. The van der Waals surface area contributed by atoms with E-state index in [2.05, 4.69) is 21.9 Å². The number of amides is 1. The normalized spacial score (nSPS) is 11.4. The van der Waals surface area contributed by atoms with Crippen LogP contribution in [0.4, 0.5) is 17.6 Å². The summed E-state index contributed by atoms with van der Waals surface area (Å²) in [5, 5.41) is 2.99. The third-order valence-electron chi connectivity index (χ3n) is 3.80. The van der Waals surface area contributed by atoms with E-state index in [-0.39, 0.29) is 17.9 Å². The Balaban J connectivity index is 2.09. The fourth-order valence-electron chi connectivity index (χ4n) is 2.51. The first-order valence-corrected chi connectivity index (χ1v) is 7.82. The molecule has 0 atom stereocenters. The second-order valence-electron chi connectivity index (χ2n) is 5.65. The van der Waals surface area contributed by atoms with Crippen molar-refractivity contribution in [1.29, 1.82) is 0 Å². The van der Waals surface area contributed by atoms with Gasteiger partial charge in [-0.05, 0) is 30.3 Å². The van der Waals surface area contributed by atoms with E-state index in [1.54, 1.807) is 0 Å². The minimum absolute atomic E-state index is 0.0368. The van der Waals surface area contributed by atoms with Crippen LogP contribution in [0.2, 0.25) is 0 Å². The van der Waals surface area contributed by atoms with Crippen LogP contribution in [-0.4, -0.2) is 15.9 Å². The highest BCUT2D eigenvalue weighted by atomic mass is 19.4. The van der Waals surface area contributed by atoms with Gasteiger partial charge in [-0.1, -0.05) is 18.7 Å². The van der Waals surface area contributed by atoms with Crippen molar-refractivity contribution < 1.29 is 22.4 Å². The number of fused-ring (bicyclic) bond motifs is 1. The van der Waals surface area contributed by atoms with Gasteiger partial charge in [-0.2, -0.15) is 13.2 Å². The number of nitrogens with one attached hydrogen (secondary N) is 1. The number of hydrogen-bond acceptors (Lipinski definition) is 3. The van der Waals surface area contributed by atoms with Gasteiger partial charge >= 0.3 is 6.18 Å². The number of hydrogen-bond donors (Lipinski definition) is 1. The van der Waals surface area contributed by atoms with E-state index in [9.17, 15) is 22.4 Å². The third-order valence-corrected chi connectivity index (χ3v) is 3.80. The molecule has 0 aliphatic heterocycles. The molecule has 0 radical (unpaired) electrons. The minimum Gasteiger partial charge on any atom is -0.345 e. The Kier molecular flexibility index (Phi) is 4.89. The van der Waals surface area contributed by atoms with Crippen LogP contribution < -0.4 is 5.32 Å². The molecule has 0 spiro atoms. The number of alkyl halides is 3. The summed E-state index contributed by atoms with van der Waals surface area (Å²) in [7, 11) is 0. The largest absolute Gasteiger partial charge is 0.416 e. The number of benzene rings is 2. The van der Waals surface area contributed by atoms with E-state index in [4.69, 9.17) is 0 Å². The minimum atomic E-state index is -4.45. The average molecular weight is 375 g/mol. The Hall–Kier alpha value is -3.29. The van der Waals surface area contributed by atoms with E-state index in [1.807, 2.05) is 0 Å². The Morgan fingerprint density at radius 3 is 2.44 bits per heavy atom. The zero-order valence-electron chi connectivity index (χ0n) is 13.8. The first kappa shape index (κ1) is 18.5. The van der Waals surface area contributed by atoms with E-state index >= 15 is 0 Å². The molecule has 1 heterocycles. The van der Waals surface area contributed by atoms with Gasteiger partial charge < -0.3 is 5.32 Å². The first-order valence-electron chi connectivity index (χ1n) is 7.82. The lowest BCUT2D eigenvalue weighted by Gasteiger charge is -2.11. The second-order valence-corrected chi connectivity index (χ2v) is 5.65. The van der Waals surface area contributed by atoms with Crippen molar-refractivity contribution in [3.63, 3.8) is 0 Å². The molecule has 27 heavy (non-hydrogen) atoms. The number of halogens is 4. The molecule has 1 aromatic heterocycles. The summed E-state index contributed by atoms with van der Waals surface area (Å²) >= 11 is 0. The highest BCUT2D eigenvalue weighted by Gasteiger charge is 2.30. The summed E-state index contributed by atoms with van der Waals surface area (Å²) in [5.41, 5.74) is 0.256. The Morgan fingerprint density at radius 2 is 1.81 bits per heavy atom. The quantitative estimate of drug-likeness (QED) is 0.548. The molecule has 4 nitrogen and oxygen atoms in total. The van der Waals surface area contributed by atoms with Crippen LogP contribution in [-0.2, 0) is 17.5 Å². The molecule has 0 bridgehead atoms. The van der Waals surface area contributed by atoms with E-state index in [0.29, 0.717) is 16.6 Å². The highest BCUT2D eigenvalue weighted by Crippen LogP contribution is 2.32. The SMILES string of the molecule is C=CC(=O)NCc1nc(-c2ccc(C(F)(F)F)cc2)c2ccc(F)cc2n1. The van der Waals surface area contributed by atoms with Gasteiger partial charge in [0.1, 0.15) is 11.6 Å². The highest BCUT2D eigenvalue weighted by molar-refractivity contribution is 5.92. The Labute approximate surface area is 151 Å². The predicted molar refractivity (Wildman–Crippen MR) is 92.0 cm³/mol. The van der Waals surface area contributed by atoms with Gasteiger partial charge in [0.15, 0.2) is 0 Å². The molecule has 3 aromatic rings. The molecule has 138 valence electrons. The average Bonchev–Trinajstić information content (AvgIpc) is 2.64. The van der Waals surface area contributed by atoms with E-state index in [0.717, 1.165) is 18.2 Å². The number of nitrogens with zero attached hydrogens (tertiary/aromatic N) is 2. The first-order chi connectivity index (χ1) is 12.8. The van der Waals surface area contributed by atoms with Crippen LogP contribution in [0, 0.1) is 5.82 Å². The van der Waals surface area contributed by atoms with E-state index in [1.165, 1.54) is 30.3 Å². The van der Waals surface area contributed by atoms with Gasteiger partial charge in [0, 0.05) is 17.0 Å². The molecular weight excluding hydrogens is 362 g/mol. The lowest BCUT2D eigenvalue weighted by atomic mass is 10.0. The maximum atomic E-state index is 13.6. The monoisotopic (exact) mass is 375 g/mol. The molecule has 0 aliphatic rings. The fraction of sp³-hybridized carbons (Fsp3) is 0.105. The summed E-state index contributed by atoms with van der Waals surface area (Å²) < 4.78 is 51.9. The lowest BCUT2D eigenvalue weighted by molar-refractivity contribution is -0.137. The van der Waals surface area contributed by atoms with Gasteiger partial charge in [0.25, 0.3) is 0 Å². The molecule has 0 aliphatic carbocycles. The number of carbonyl (C=O) groups excluding carboxylic acids is 1. The van der Waals surface area contributed by atoms with Crippen molar-refractivity contribution in [3.05, 3.63) is 72.3 Å². The maximum Gasteiger partial charge on any atom is 0.416 e. The van der Waals surface area contributed by atoms with Gasteiger partial charge in [0.05, 0.1) is 23.3 Å². The Morgan fingerprint density at radius 1 is 1.11 bits per heavy atom. The maximum absolute atomic E-state index is 13.6. The number of rotatable bonds is 4. The second kappa shape index (κ2) is 7.14. The molecule has 1 N–H and O–H groups in total. The van der Waals surface area contributed by atoms with Crippen LogP contribution in [0.15, 0.2) is 55.1 Å². The molecule has 8 heteroatoms. The molecule has 3 rings (SSSR count). The smallest absolute Gasteiger partial charge is 0.345 e. The number of carbonyl (C=O) groups is 1. The summed E-state index contributed by atoms with van der Waals surface area (Å²) in [4.78, 5) is 19.9. The van der Waals surface area contributed by atoms with Gasteiger partial charge in [0.2, 0.25) is 5.91 Å². The van der Waals surface area contributed by atoms with Crippen molar-refractivity contribution in [2.75, 3.05) is 0 Å². The zero-order chi connectivity index (χ0) is 19.6. The van der Waals surface area contributed by atoms with Crippen molar-refractivity contribution in [1.82, 2.24) is 15.3 Å². The molecule has 0 fully saturated rings. The van der Waals surface area contributed by atoms with Crippen LogP contribution in [0.5, 0.6) is 0 Å². The molecular formula is C19H13F4N3O.